The lowest BCUT2D eigenvalue weighted by atomic mass is 9.97. The zero-order valence-corrected chi connectivity index (χ0v) is 19.1. The molecule has 2 N–H and O–H groups in total. The van der Waals surface area contributed by atoms with Crippen molar-refractivity contribution in [1.82, 2.24) is 20.5 Å². The van der Waals surface area contributed by atoms with Crippen molar-refractivity contribution in [2.45, 2.75) is 53.1 Å². The van der Waals surface area contributed by atoms with Crippen molar-refractivity contribution in [2.75, 3.05) is 26.7 Å². The fourth-order valence-corrected chi connectivity index (χ4v) is 4.58. The number of piperidine rings is 1. The Labute approximate surface area is 179 Å². The minimum atomic E-state index is 0.701. The van der Waals surface area contributed by atoms with Gasteiger partial charge in [-0.15, -0.1) is 11.3 Å². The third-order valence-electron chi connectivity index (χ3n) is 5.72. The van der Waals surface area contributed by atoms with Gasteiger partial charge in [-0.25, -0.2) is 4.98 Å². The highest BCUT2D eigenvalue weighted by Crippen LogP contribution is 2.19. The fourth-order valence-electron chi connectivity index (χ4n) is 3.85. The lowest BCUT2D eigenvalue weighted by molar-refractivity contribution is 0.176. The van der Waals surface area contributed by atoms with Crippen molar-refractivity contribution in [3.8, 4) is 0 Å². The normalized spacial score (nSPS) is 16.2. The first kappa shape index (κ1) is 21.8. The van der Waals surface area contributed by atoms with Crippen LogP contribution in [0.15, 0.2) is 28.6 Å². The van der Waals surface area contributed by atoms with Gasteiger partial charge in [-0.1, -0.05) is 30.7 Å². The van der Waals surface area contributed by atoms with Gasteiger partial charge in [0.05, 0.1) is 10.7 Å². The molecular formula is C23H35N5S. The summed E-state index contributed by atoms with van der Waals surface area (Å²) >= 11 is 1.79. The van der Waals surface area contributed by atoms with Crippen molar-refractivity contribution in [1.29, 1.82) is 0 Å². The van der Waals surface area contributed by atoms with Gasteiger partial charge in [-0.05, 0) is 63.2 Å². The number of hydrogen-bond donors (Lipinski definition) is 2. The molecule has 29 heavy (non-hydrogen) atoms. The number of hydrogen-bond acceptors (Lipinski definition) is 4. The van der Waals surface area contributed by atoms with Crippen LogP contribution in [0.4, 0.5) is 0 Å². The van der Waals surface area contributed by atoms with E-state index in [0.29, 0.717) is 5.92 Å². The zero-order valence-electron chi connectivity index (χ0n) is 18.3. The maximum atomic E-state index is 4.71. The Balaban J connectivity index is 1.38. The molecule has 2 heterocycles. The molecule has 3 rings (SSSR count). The second-order valence-corrected chi connectivity index (χ2v) is 8.98. The summed E-state index contributed by atoms with van der Waals surface area (Å²) in [5.41, 5.74) is 5.19. The number of nitrogens with one attached hydrogen (secondary N) is 2. The predicted octanol–water partition coefficient (Wildman–Crippen LogP) is 3.90. The molecule has 0 bridgehead atoms. The van der Waals surface area contributed by atoms with E-state index in [1.807, 2.05) is 7.05 Å². The maximum absolute atomic E-state index is 4.71. The summed E-state index contributed by atoms with van der Waals surface area (Å²) < 4.78 is 0. The molecule has 0 unspecified atom stereocenters. The van der Waals surface area contributed by atoms with Gasteiger partial charge in [0, 0.05) is 32.1 Å². The minimum absolute atomic E-state index is 0.701. The van der Waals surface area contributed by atoms with Gasteiger partial charge >= 0.3 is 0 Å². The van der Waals surface area contributed by atoms with Crippen LogP contribution in [0.2, 0.25) is 0 Å². The molecule has 1 fully saturated rings. The Morgan fingerprint density at radius 3 is 2.69 bits per heavy atom. The minimum Gasteiger partial charge on any atom is -0.356 e. The number of rotatable bonds is 7. The maximum Gasteiger partial charge on any atom is 0.191 e. The summed E-state index contributed by atoms with van der Waals surface area (Å²) in [6, 6.07) is 6.60. The number of aryl methyl sites for hydroxylation is 3. The van der Waals surface area contributed by atoms with Crippen LogP contribution in [-0.2, 0) is 19.5 Å². The molecule has 1 saturated heterocycles. The van der Waals surface area contributed by atoms with Crippen molar-refractivity contribution in [3.05, 3.63) is 51.0 Å². The van der Waals surface area contributed by atoms with Gasteiger partial charge in [0.2, 0.25) is 0 Å². The second-order valence-electron chi connectivity index (χ2n) is 8.04. The summed E-state index contributed by atoms with van der Waals surface area (Å²) in [7, 11) is 1.85. The summed E-state index contributed by atoms with van der Waals surface area (Å²) in [5.74, 6) is 1.59. The first-order chi connectivity index (χ1) is 14.1. The van der Waals surface area contributed by atoms with Crippen LogP contribution in [0.25, 0.3) is 0 Å². The van der Waals surface area contributed by atoms with E-state index in [9.17, 15) is 0 Å². The molecule has 0 aliphatic carbocycles. The van der Waals surface area contributed by atoms with Crippen molar-refractivity contribution < 1.29 is 0 Å². The molecule has 5 nitrogen and oxygen atoms in total. The van der Waals surface area contributed by atoms with Gasteiger partial charge in [0.1, 0.15) is 0 Å². The first-order valence-electron chi connectivity index (χ1n) is 10.7. The SMILES string of the molecule is CCc1nc(CN2CCC(CNC(=NC)NCc3ccc(C)cc3C)CC2)cs1. The zero-order chi connectivity index (χ0) is 20.6. The van der Waals surface area contributed by atoms with Gasteiger partial charge in [-0.2, -0.15) is 0 Å². The molecule has 1 aliphatic heterocycles. The first-order valence-corrected chi connectivity index (χ1v) is 11.6. The fraction of sp³-hybridized carbons (Fsp3) is 0.565. The summed E-state index contributed by atoms with van der Waals surface area (Å²) in [4.78, 5) is 11.6. The average Bonchev–Trinajstić information content (AvgIpc) is 3.18. The lowest BCUT2D eigenvalue weighted by Crippen LogP contribution is -2.42. The van der Waals surface area contributed by atoms with Crippen molar-refractivity contribution >= 4 is 17.3 Å². The van der Waals surface area contributed by atoms with Crippen LogP contribution in [0.1, 0.15) is 47.2 Å². The molecule has 1 aromatic heterocycles. The van der Waals surface area contributed by atoms with E-state index in [1.54, 1.807) is 11.3 Å². The third-order valence-corrected chi connectivity index (χ3v) is 6.76. The van der Waals surface area contributed by atoms with Gasteiger partial charge in [-0.3, -0.25) is 9.89 Å². The van der Waals surface area contributed by atoms with Gasteiger partial charge < -0.3 is 10.6 Å². The van der Waals surface area contributed by atoms with E-state index in [1.165, 1.54) is 40.2 Å². The van der Waals surface area contributed by atoms with Crippen molar-refractivity contribution in [3.63, 3.8) is 0 Å². The highest BCUT2D eigenvalue weighted by Gasteiger charge is 2.20. The Kier molecular flexibility index (Phi) is 8.07. The van der Waals surface area contributed by atoms with E-state index in [0.717, 1.165) is 45.1 Å². The molecular weight excluding hydrogens is 378 g/mol. The number of likely N-dealkylation sites (tertiary alicyclic amines) is 1. The van der Waals surface area contributed by atoms with Crippen LogP contribution in [-0.4, -0.2) is 42.5 Å². The van der Waals surface area contributed by atoms with Crippen LogP contribution >= 0.6 is 11.3 Å². The molecule has 0 saturated carbocycles. The average molecular weight is 414 g/mol. The number of nitrogens with zero attached hydrogens (tertiary/aromatic N) is 3. The Morgan fingerprint density at radius 2 is 2.03 bits per heavy atom. The molecule has 0 amide bonds. The number of guanidine groups is 1. The molecule has 6 heteroatoms. The number of aliphatic imine (C=N–C) groups is 1. The Bertz CT molecular complexity index is 805. The van der Waals surface area contributed by atoms with Crippen molar-refractivity contribution in [2.24, 2.45) is 10.9 Å². The molecule has 0 atom stereocenters. The van der Waals surface area contributed by atoms with E-state index >= 15 is 0 Å². The molecule has 2 aromatic rings. The van der Waals surface area contributed by atoms with Crippen LogP contribution in [0, 0.1) is 19.8 Å². The highest BCUT2D eigenvalue weighted by atomic mass is 32.1. The largest absolute Gasteiger partial charge is 0.356 e. The molecule has 0 spiro atoms. The van der Waals surface area contributed by atoms with Gasteiger partial charge in [0.15, 0.2) is 5.96 Å². The van der Waals surface area contributed by atoms with E-state index in [2.05, 4.69) is 64.9 Å². The number of thiazole rings is 1. The standard InChI is InChI=1S/C23H35N5S/c1-5-22-27-21(16-29-22)15-28-10-8-19(9-11-28)13-25-23(24-4)26-14-20-7-6-17(2)12-18(20)3/h6-7,12,16,19H,5,8-11,13-15H2,1-4H3,(H2,24,25,26). The smallest absolute Gasteiger partial charge is 0.191 e. The monoisotopic (exact) mass is 413 g/mol. The second kappa shape index (κ2) is 10.7. The molecule has 0 radical (unpaired) electrons. The van der Waals surface area contributed by atoms with Crippen LogP contribution in [0.3, 0.4) is 0 Å². The van der Waals surface area contributed by atoms with Crippen LogP contribution in [0.5, 0.6) is 0 Å². The highest BCUT2D eigenvalue weighted by molar-refractivity contribution is 7.09. The molecule has 1 aromatic carbocycles. The topological polar surface area (TPSA) is 52.6 Å². The van der Waals surface area contributed by atoms with E-state index in [-0.39, 0.29) is 0 Å². The van der Waals surface area contributed by atoms with E-state index in [4.69, 9.17) is 4.98 Å². The van der Waals surface area contributed by atoms with Gasteiger partial charge in [0.25, 0.3) is 0 Å². The summed E-state index contributed by atoms with van der Waals surface area (Å²) in [6.07, 6.45) is 3.49. The Hall–Kier alpha value is -1.92. The Morgan fingerprint density at radius 1 is 1.24 bits per heavy atom. The summed E-state index contributed by atoms with van der Waals surface area (Å²) in [5, 5.41) is 10.5. The summed E-state index contributed by atoms with van der Waals surface area (Å²) in [6.45, 7) is 11.6. The molecule has 158 valence electrons. The molecule has 1 aliphatic rings. The van der Waals surface area contributed by atoms with E-state index < -0.39 is 0 Å². The lowest BCUT2D eigenvalue weighted by Gasteiger charge is -2.31. The predicted molar refractivity (Wildman–Crippen MR) is 124 cm³/mol. The number of aromatic nitrogens is 1. The quantitative estimate of drug-likeness (QED) is 0.534. The third kappa shape index (κ3) is 6.54. The number of benzene rings is 1. The van der Waals surface area contributed by atoms with Crippen LogP contribution < -0.4 is 10.6 Å².